The minimum atomic E-state index is -1.17. The van der Waals surface area contributed by atoms with Crippen molar-refractivity contribution < 1.29 is 14.7 Å². The summed E-state index contributed by atoms with van der Waals surface area (Å²) in [4.78, 5) is 30.4. The van der Waals surface area contributed by atoms with Crippen LogP contribution in [0.25, 0.3) is 0 Å². The van der Waals surface area contributed by atoms with Crippen LogP contribution in [-0.4, -0.2) is 33.5 Å². The third-order valence-electron chi connectivity index (χ3n) is 3.98. The molecule has 1 heterocycles. The summed E-state index contributed by atoms with van der Waals surface area (Å²) in [7, 11) is 0. The molecule has 6 nitrogen and oxygen atoms in total. The zero-order chi connectivity index (χ0) is 16.4. The van der Waals surface area contributed by atoms with Gasteiger partial charge in [0.25, 0.3) is 5.91 Å². The van der Waals surface area contributed by atoms with Crippen molar-refractivity contribution in [3.05, 3.63) is 58.1 Å². The smallest absolute Gasteiger partial charge is 0.356 e. The monoisotopic (exact) mass is 375 g/mol. The summed E-state index contributed by atoms with van der Waals surface area (Å²) in [5, 5.41) is 11.6. The lowest BCUT2D eigenvalue weighted by Crippen LogP contribution is -2.32. The number of carboxylic acids is 1. The summed E-state index contributed by atoms with van der Waals surface area (Å²) >= 11 is 3.46. The van der Waals surface area contributed by atoms with Gasteiger partial charge in [-0.15, -0.1) is 0 Å². The number of carbonyl (C=O) groups excluding carboxylic acids is 1. The van der Waals surface area contributed by atoms with Gasteiger partial charge < -0.3 is 10.4 Å². The quantitative estimate of drug-likeness (QED) is 0.836. The molecule has 1 aliphatic rings. The topological polar surface area (TPSA) is 92.2 Å². The number of amides is 1. The van der Waals surface area contributed by atoms with E-state index in [1.54, 1.807) is 0 Å². The molecule has 2 aromatic rings. The lowest BCUT2D eigenvalue weighted by Gasteiger charge is -2.16. The van der Waals surface area contributed by atoms with E-state index in [0.29, 0.717) is 6.54 Å². The molecular weight excluding hydrogens is 362 g/mol. The zero-order valence-electron chi connectivity index (χ0n) is 12.1. The summed E-state index contributed by atoms with van der Waals surface area (Å²) in [5.74, 6) is -1.52. The standard InChI is InChI=1S/C16H14BrN3O3/c17-11-3-1-2-10(6-11)16(4-5-16)9-20-14(21)12-7-19-13(8-18-12)15(22)23/h1-3,6-8H,4-5,9H2,(H,20,21)(H,22,23). The zero-order valence-corrected chi connectivity index (χ0v) is 13.7. The number of aromatic carboxylic acids is 1. The molecule has 1 aliphatic carbocycles. The summed E-state index contributed by atoms with van der Waals surface area (Å²) in [6.07, 6.45) is 4.30. The number of benzene rings is 1. The van der Waals surface area contributed by atoms with Crippen LogP contribution in [0.4, 0.5) is 0 Å². The Kier molecular flexibility index (Phi) is 4.12. The van der Waals surface area contributed by atoms with Gasteiger partial charge in [0.05, 0.1) is 12.4 Å². The van der Waals surface area contributed by atoms with Gasteiger partial charge in [-0.25, -0.2) is 14.8 Å². The van der Waals surface area contributed by atoms with Crippen molar-refractivity contribution in [2.24, 2.45) is 0 Å². The van der Waals surface area contributed by atoms with E-state index in [4.69, 9.17) is 5.11 Å². The van der Waals surface area contributed by atoms with Crippen molar-refractivity contribution in [1.82, 2.24) is 15.3 Å². The highest BCUT2D eigenvalue weighted by molar-refractivity contribution is 9.10. The third kappa shape index (κ3) is 3.39. The second-order valence-electron chi connectivity index (χ2n) is 5.57. The molecule has 1 amide bonds. The second kappa shape index (κ2) is 6.08. The minimum Gasteiger partial charge on any atom is -0.476 e. The first-order valence-electron chi connectivity index (χ1n) is 7.10. The molecule has 3 rings (SSSR count). The van der Waals surface area contributed by atoms with Gasteiger partial charge in [-0.2, -0.15) is 0 Å². The van der Waals surface area contributed by atoms with Crippen molar-refractivity contribution in [3.63, 3.8) is 0 Å². The molecule has 0 spiro atoms. The van der Waals surface area contributed by atoms with Crippen LogP contribution in [0.1, 0.15) is 39.4 Å². The molecule has 0 bridgehead atoms. The Morgan fingerprint density at radius 2 is 1.91 bits per heavy atom. The Labute approximate surface area is 141 Å². The number of rotatable bonds is 5. The summed E-state index contributed by atoms with van der Waals surface area (Å²) in [6.45, 7) is 0.519. The fourth-order valence-electron chi connectivity index (χ4n) is 2.43. The van der Waals surface area contributed by atoms with Crippen LogP contribution >= 0.6 is 15.9 Å². The maximum atomic E-state index is 12.1. The average molecular weight is 376 g/mol. The molecule has 118 valence electrons. The molecular formula is C16H14BrN3O3. The normalized spacial score (nSPS) is 15.0. The largest absolute Gasteiger partial charge is 0.476 e. The molecule has 1 fully saturated rings. The van der Waals surface area contributed by atoms with E-state index in [1.807, 2.05) is 12.1 Å². The molecule has 0 aliphatic heterocycles. The van der Waals surface area contributed by atoms with E-state index >= 15 is 0 Å². The predicted molar refractivity (Wildman–Crippen MR) is 86.4 cm³/mol. The van der Waals surface area contributed by atoms with E-state index in [0.717, 1.165) is 23.5 Å². The van der Waals surface area contributed by atoms with Crippen LogP contribution in [0.5, 0.6) is 0 Å². The average Bonchev–Trinajstić information content (AvgIpc) is 3.34. The van der Waals surface area contributed by atoms with E-state index in [-0.39, 0.29) is 22.7 Å². The first kappa shape index (κ1) is 15.6. The van der Waals surface area contributed by atoms with E-state index in [2.05, 4.69) is 43.3 Å². The summed E-state index contributed by atoms with van der Waals surface area (Å²) < 4.78 is 1.02. The van der Waals surface area contributed by atoms with Crippen LogP contribution in [0, 0.1) is 0 Å². The molecule has 0 atom stereocenters. The van der Waals surface area contributed by atoms with Crippen LogP contribution in [-0.2, 0) is 5.41 Å². The van der Waals surface area contributed by atoms with Gasteiger partial charge in [0, 0.05) is 16.4 Å². The number of hydrogen-bond donors (Lipinski definition) is 2. The van der Waals surface area contributed by atoms with Crippen molar-refractivity contribution in [2.45, 2.75) is 18.3 Å². The van der Waals surface area contributed by atoms with E-state index in [9.17, 15) is 9.59 Å². The Morgan fingerprint density at radius 3 is 2.48 bits per heavy atom. The Balaban J connectivity index is 1.66. The lowest BCUT2D eigenvalue weighted by molar-refractivity contribution is 0.0689. The summed E-state index contributed by atoms with van der Waals surface area (Å²) in [6, 6.07) is 8.08. The Bertz CT molecular complexity index is 757. The molecule has 0 radical (unpaired) electrons. The van der Waals surface area contributed by atoms with Gasteiger partial charge in [-0.1, -0.05) is 28.1 Å². The fourth-order valence-corrected chi connectivity index (χ4v) is 2.83. The van der Waals surface area contributed by atoms with Gasteiger partial charge in [0.2, 0.25) is 0 Å². The van der Waals surface area contributed by atoms with Gasteiger partial charge >= 0.3 is 5.97 Å². The maximum Gasteiger partial charge on any atom is 0.356 e. The highest BCUT2D eigenvalue weighted by atomic mass is 79.9. The highest BCUT2D eigenvalue weighted by Crippen LogP contribution is 2.48. The highest BCUT2D eigenvalue weighted by Gasteiger charge is 2.44. The van der Waals surface area contributed by atoms with Gasteiger partial charge in [0.1, 0.15) is 5.69 Å². The molecule has 0 unspecified atom stereocenters. The Morgan fingerprint density at radius 1 is 1.22 bits per heavy atom. The number of nitrogens with zero attached hydrogens (tertiary/aromatic N) is 2. The van der Waals surface area contributed by atoms with Crippen LogP contribution in [0.15, 0.2) is 41.1 Å². The van der Waals surface area contributed by atoms with E-state index < -0.39 is 5.97 Å². The molecule has 1 aromatic heterocycles. The number of nitrogens with one attached hydrogen (secondary N) is 1. The number of halogens is 1. The lowest BCUT2D eigenvalue weighted by atomic mass is 9.96. The molecule has 2 N–H and O–H groups in total. The first-order chi connectivity index (χ1) is 11.0. The molecule has 7 heteroatoms. The molecule has 0 saturated heterocycles. The summed E-state index contributed by atoms with van der Waals surface area (Å²) in [5.41, 5.74) is 1.10. The first-order valence-corrected chi connectivity index (χ1v) is 7.89. The van der Waals surface area contributed by atoms with Gasteiger partial charge in [0.15, 0.2) is 5.69 Å². The van der Waals surface area contributed by atoms with E-state index in [1.165, 1.54) is 11.8 Å². The number of carboxylic acid groups (broad SMARTS) is 1. The molecule has 23 heavy (non-hydrogen) atoms. The predicted octanol–water partition coefficient (Wildman–Crippen LogP) is 2.40. The van der Waals surface area contributed by atoms with Crippen LogP contribution < -0.4 is 5.32 Å². The second-order valence-corrected chi connectivity index (χ2v) is 6.48. The maximum absolute atomic E-state index is 12.1. The van der Waals surface area contributed by atoms with Crippen LogP contribution in [0.2, 0.25) is 0 Å². The van der Waals surface area contributed by atoms with Crippen molar-refractivity contribution in [1.29, 1.82) is 0 Å². The SMILES string of the molecule is O=C(O)c1cnc(C(=O)NCC2(c3cccc(Br)c3)CC2)cn1. The fraction of sp³-hybridized carbons (Fsp3) is 0.250. The molecule has 1 saturated carbocycles. The van der Waals surface area contributed by atoms with Gasteiger partial charge in [-0.05, 0) is 30.5 Å². The molecule has 1 aromatic carbocycles. The van der Waals surface area contributed by atoms with Crippen molar-refractivity contribution >= 4 is 27.8 Å². The van der Waals surface area contributed by atoms with Gasteiger partial charge in [-0.3, -0.25) is 4.79 Å². The Hall–Kier alpha value is -2.28. The van der Waals surface area contributed by atoms with Crippen molar-refractivity contribution in [3.8, 4) is 0 Å². The number of aromatic nitrogens is 2. The van der Waals surface area contributed by atoms with Crippen LogP contribution in [0.3, 0.4) is 0 Å². The number of carbonyl (C=O) groups is 2. The third-order valence-corrected chi connectivity index (χ3v) is 4.47. The van der Waals surface area contributed by atoms with Crippen molar-refractivity contribution in [2.75, 3.05) is 6.54 Å². The number of hydrogen-bond acceptors (Lipinski definition) is 4. The minimum absolute atomic E-state index is 0.0200.